The van der Waals surface area contributed by atoms with Gasteiger partial charge in [0.1, 0.15) is 0 Å². The lowest BCUT2D eigenvalue weighted by atomic mass is 9.94. The first-order valence-electron chi connectivity index (χ1n) is 7.99. The van der Waals surface area contributed by atoms with Crippen LogP contribution in [0.3, 0.4) is 0 Å². The third kappa shape index (κ3) is 3.38. The van der Waals surface area contributed by atoms with E-state index >= 15 is 0 Å². The molecule has 0 unspecified atom stereocenters. The highest BCUT2D eigenvalue weighted by atomic mass is 35.5. The SMILES string of the molecule is CC(C)(C)C(=O)N1CCN(c2nnc(-c3ccccc3Cl)o2)CC1. The van der Waals surface area contributed by atoms with Crippen LogP contribution in [0.15, 0.2) is 28.7 Å². The molecule has 1 aromatic heterocycles. The molecule has 2 heterocycles. The second-order valence-electron chi connectivity index (χ2n) is 6.90. The molecule has 1 aliphatic heterocycles. The number of anilines is 1. The summed E-state index contributed by atoms with van der Waals surface area (Å²) in [6.45, 7) is 8.47. The van der Waals surface area contributed by atoms with E-state index < -0.39 is 0 Å². The molecule has 1 fully saturated rings. The van der Waals surface area contributed by atoms with E-state index in [9.17, 15) is 4.79 Å². The Bertz CT molecular complexity index is 730. The van der Waals surface area contributed by atoms with Gasteiger partial charge in [-0.15, -0.1) is 5.10 Å². The van der Waals surface area contributed by atoms with Gasteiger partial charge in [0, 0.05) is 31.6 Å². The summed E-state index contributed by atoms with van der Waals surface area (Å²) in [5.74, 6) is 0.577. The van der Waals surface area contributed by atoms with Gasteiger partial charge in [-0.1, -0.05) is 49.6 Å². The average molecular weight is 349 g/mol. The second kappa shape index (κ2) is 6.43. The molecule has 128 valence electrons. The van der Waals surface area contributed by atoms with Gasteiger partial charge in [0.25, 0.3) is 5.89 Å². The number of hydrogen-bond acceptors (Lipinski definition) is 5. The monoisotopic (exact) mass is 348 g/mol. The van der Waals surface area contributed by atoms with E-state index in [1.54, 1.807) is 6.07 Å². The quantitative estimate of drug-likeness (QED) is 0.834. The first-order valence-corrected chi connectivity index (χ1v) is 8.37. The van der Waals surface area contributed by atoms with Crippen LogP contribution < -0.4 is 4.90 Å². The van der Waals surface area contributed by atoms with E-state index in [1.165, 1.54) is 0 Å². The van der Waals surface area contributed by atoms with Crippen LogP contribution in [0.2, 0.25) is 5.02 Å². The lowest BCUT2D eigenvalue weighted by molar-refractivity contribution is -0.139. The van der Waals surface area contributed by atoms with Crippen molar-refractivity contribution in [1.29, 1.82) is 0 Å². The topological polar surface area (TPSA) is 62.5 Å². The van der Waals surface area contributed by atoms with Crippen LogP contribution in [0.25, 0.3) is 11.5 Å². The Kier molecular flexibility index (Phi) is 4.49. The molecule has 1 aromatic carbocycles. The molecule has 0 spiro atoms. The number of carbonyl (C=O) groups excluding carboxylic acids is 1. The predicted molar refractivity (Wildman–Crippen MR) is 93.0 cm³/mol. The molecule has 0 N–H and O–H groups in total. The number of aromatic nitrogens is 2. The molecule has 3 rings (SSSR count). The van der Waals surface area contributed by atoms with Gasteiger partial charge in [0.05, 0.1) is 10.6 Å². The highest BCUT2D eigenvalue weighted by molar-refractivity contribution is 6.33. The van der Waals surface area contributed by atoms with Crippen LogP contribution in [-0.2, 0) is 4.79 Å². The number of hydrogen-bond donors (Lipinski definition) is 0. The van der Waals surface area contributed by atoms with Crippen LogP contribution in [0.4, 0.5) is 6.01 Å². The summed E-state index contributed by atoms with van der Waals surface area (Å²) in [6, 6.07) is 7.83. The highest BCUT2D eigenvalue weighted by Crippen LogP contribution is 2.28. The summed E-state index contributed by atoms with van der Waals surface area (Å²) in [6.07, 6.45) is 0. The lowest BCUT2D eigenvalue weighted by Crippen LogP contribution is -2.51. The maximum Gasteiger partial charge on any atom is 0.318 e. The van der Waals surface area contributed by atoms with E-state index in [-0.39, 0.29) is 11.3 Å². The first-order chi connectivity index (χ1) is 11.4. The summed E-state index contributed by atoms with van der Waals surface area (Å²) in [5, 5.41) is 8.79. The van der Waals surface area contributed by atoms with Gasteiger partial charge in [-0.3, -0.25) is 4.79 Å². The third-order valence-electron chi connectivity index (χ3n) is 4.00. The van der Waals surface area contributed by atoms with Gasteiger partial charge < -0.3 is 14.2 Å². The molecule has 7 heteroatoms. The fourth-order valence-electron chi connectivity index (χ4n) is 2.66. The zero-order chi connectivity index (χ0) is 17.3. The van der Waals surface area contributed by atoms with Crippen molar-refractivity contribution < 1.29 is 9.21 Å². The number of rotatable bonds is 2. The number of nitrogens with zero attached hydrogens (tertiary/aromatic N) is 4. The molecule has 0 radical (unpaired) electrons. The second-order valence-corrected chi connectivity index (χ2v) is 7.31. The molecule has 0 bridgehead atoms. The van der Waals surface area contributed by atoms with Gasteiger partial charge in [-0.25, -0.2) is 0 Å². The fraction of sp³-hybridized carbons (Fsp3) is 0.471. The molecule has 1 amide bonds. The van der Waals surface area contributed by atoms with Gasteiger partial charge in [-0.2, -0.15) is 0 Å². The van der Waals surface area contributed by atoms with Crippen LogP contribution >= 0.6 is 11.6 Å². The highest BCUT2D eigenvalue weighted by Gasteiger charge is 2.30. The molecule has 24 heavy (non-hydrogen) atoms. The minimum Gasteiger partial charge on any atom is -0.403 e. The summed E-state index contributed by atoms with van der Waals surface area (Å²) >= 11 is 6.16. The van der Waals surface area contributed by atoms with E-state index in [2.05, 4.69) is 10.2 Å². The minimum atomic E-state index is -0.357. The van der Waals surface area contributed by atoms with Crippen molar-refractivity contribution in [2.45, 2.75) is 20.8 Å². The third-order valence-corrected chi connectivity index (χ3v) is 4.33. The van der Waals surface area contributed by atoms with Crippen LogP contribution in [0.1, 0.15) is 20.8 Å². The summed E-state index contributed by atoms with van der Waals surface area (Å²) in [5.41, 5.74) is 0.364. The predicted octanol–water partition coefficient (Wildman–Crippen LogP) is 3.08. The Morgan fingerprint density at radius 3 is 2.42 bits per heavy atom. The first kappa shape index (κ1) is 16.8. The smallest absolute Gasteiger partial charge is 0.318 e. The zero-order valence-electron chi connectivity index (χ0n) is 14.1. The van der Waals surface area contributed by atoms with Gasteiger partial charge in [0.15, 0.2) is 0 Å². The van der Waals surface area contributed by atoms with Crippen molar-refractivity contribution in [3.63, 3.8) is 0 Å². The number of amides is 1. The van der Waals surface area contributed by atoms with E-state index in [4.69, 9.17) is 16.0 Å². The van der Waals surface area contributed by atoms with Gasteiger partial charge in [0.2, 0.25) is 5.91 Å². The summed E-state index contributed by atoms with van der Waals surface area (Å²) in [4.78, 5) is 16.2. The van der Waals surface area contributed by atoms with Crippen LogP contribution in [0, 0.1) is 5.41 Å². The Balaban J connectivity index is 1.68. The van der Waals surface area contributed by atoms with Crippen LogP contribution in [-0.4, -0.2) is 47.2 Å². The average Bonchev–Trinajstić information content (AvgIpc) is 3.03. The Morgan fingerprint density at radius 1 is 1.12 bits per heavy atom. The molecule has 0 atom stereocenters. The van der Waals surface area contributed by atoms with E-state index in [0.29, 0.717) is 43.1 Å². The molecule has 2 aromatic rings. The fourth-order valence-corrected chi connectivity index (χ4v) is 2.88. The Labute approximate surface area is 146 Å². The number of halogens is 1. The van der Waals surface area contributed by atoms with Gasteiger partial charge in [-0.05, 0) is 12.1 Å². The van der Waals surface area contributed by atoms with E-state index in [0.717, 1.165) is 5.56 Å². The molecule has 0 aliphatic carbocycles. The minimum absolute atomic E-state index is 0.171. The largest absolute Gasteiger partial charge is 0.403 e. The Hall–Kier alpha value is -2.08. The standard InChI is InChI=1S/C17H21ClN4O2/c1-17(2,3)15(23)21-8-10-22(11-9-21)16-20-19-14(24-16)12-6-4-5-7-13(12)18/h4-7H,8-11H2,1-3H3. The lowest BCUT2D eigenvalue weighted by Gasteiger charge is -2.36. The van der Waals surface area contributed by atoms with Crippen molar-refractivity contribution in [1.82, 2.24) is 15.1 Å². The molecule has 0 saturated carbocycles. The molecular weight excluding hydrogens is 328 g/mol. The maximum atomic E-state index is 12.3. The van der Waals surface area contributed by atoms with E-state index in [1.807, 2.05) is 48.8 Å². The van der Waals surface area contributed by atoms with Crippen LogP contribution in [0.5, 0.6) is 0 Å². The summed E-state index contributed by atoms with van der Waals surface area (Å²) in [7, 11) is 0. The molecule has 1 saturated heterocycles. The zero-order valence-corrected chi connectivity index (χ0v) is 14.9. The number of carbonyl (C=O) groups is 1. The molecule has 6 nitrogen and oxygen atoms in total. The van der Waals surface area contributed by atoms with Crippen molar-refractivity contribution in [2.75, 3.05) is 31.1 Å². The van der Waals surface area contributed by atoms with Crippen molar-refractivity contribution in [3.8, 4) is 11.5 Å². The van der Waals surface area contributed by atoms with Crippen molar-refractivity contribution in [3.05, 3.63) is 29.3 Å². The van der Waals surface area contributed by atoms with Crippen molar-refractivity contribution >= 4 is 23.5 Å². The normalized spacial score (nSPS) is 15.7. The molecule has 1 aliphatic rings. The maximum absolute atomic E-state index is 12.3. The Morgan fingerprint density at radius 2 is 1.79 bits per heavy atom. The van der Waals surface area contributed by atoms with Gasteiger partial charge >= 0.3 is 6.01 Å². The number of benzene rings is 1. The number of piperazine rings is 1. The summed E-state index contributed by atoms with van der Waals surface area (Å²) < 4.78 is 5.77. The van der Waals surface area contributed by atoms with Crippen molar-refractivity contribution in [2.24, 2.45) is 5.41 Å². The molecular formula is C17H21ClN4O2.